The Morgan fingerprint density at radius 2 is 0.671 bits per heavy atom. The number of carbonyl (C=O) groups is 3. The second kappa shape index (κ2) is 66.7. The predicted octanol–water partition coefficient (Wildman–Crippen LogP) is 22.5. The molecule has 494 valence electrons. The highest BCUT2D eigenvalue weighted by molar-refractivity contribution is 5.71. The van der Waals surface area contributed by atoms with Gasteiger partial charge < -0.3 is 28.5 Å². The first-order chi connectivity index (χ1) is 41.6. The number of hydrogen-bond donors (Lipinski definition) is 1. The van der Waals surface area contributed by atoms with Crippen LogP contribution in [0, 0.1) is 0 Å². The van der Waals surface area contributed by atoms with E-state index in [2.05, 4.69) is 86.8 Å². The lowest BCUT2D eigenvalue weighted by Gasteiger charge is -2.25. The molecule has 0 heterocycles. The number of nitrogens with zero attached hydrogens (tertiary/aromatic N) is 1. The molecule has 85 heavy (non-hydrogen) atoms. The van der Waals surface area contributed by atoms with Crippen molar-refractivity contribution in [1.82, 2.24) is 0 Å². The zero-order valence-corrected chi connectivity index (χ0v) is 56.5. The smallest absolute Gasteiger partial charge is 0.361 e. The molecular weight excluding hydrogens is 1050 g/mol. The number of rotatable bonds is 67. The molecule has 0 radical (unpaired) electrons. The second-order valence-electron chi connectivity index (χ2n) is 25.5. The van der Waals surface area contributed by atoms with Gasteiger partial charge in [-0.2, -0.15) is 0 Å². The Balaban J connectivity index is 4.09. The fourth-order valence-electron chi connectivity index (χ4n) is 10.5. The summed E-state index contributed by atoms with van der Waals surface area (Å²) in [6.07, 6.45) is 86.0. The number of carboxylic acid groups (broad SMARTS) is 1. The Bertz CT molecular complexity index is 1620. The molecule has 2 atom stereocenters. The maximum atomic E-state index is 12.9. The summed E-state index contributed by atoms with van der Waals surface area (Å²) >= 11 is 0. The molecule has 0 aliphatic rings. The molecule has 2 unspecified atom stereocenters. The normalized spacial score (nSPS) is 13.1. The van der Waals surface area contributed by atoms with E-state index in [0.29, 0.717) is 23.9 Å². The standard InChI is InChI=1S/C76H137NO8/c1-6-8-10-12-14-16-18-20-22-24-26-28-30-32-34-36-37-39-40-42-44-46-48-50-52-54-56-58-60-62-64-66-73(78)83-70-72(71-84-76(75(80)81)82-69-68-77(3,4)5)85-74(79)67-65-63-61-59-57-55-53-51-49-47-45-43-41-38-35-33-31-29-27-25-23-21-19-17-15-13-11-9-7-2/h9,11,15,17,21,23,27,29,33,35,41,43,72,76H,6-8,10,12-14,16,18-20,22,24-26,28,30-32,34,36-40,42,44-71H2,1-5H3/p+1/b11-9-,17-15-,23-21-,29-27-,35-33-,43-41-. The minimum absolute atomic E-state index is 0.183. The highest BCUT2D eigenvalue weighted by Gasteiger charge is 2.25. The van der Waals surface area contributed by atoms with Crippen LogP contribution >= 0.6 is 0 Å². The van der Waals surface area contributed by atoms with Crippen molar-refractivity contribution in [1.29, 1.82) is 0 Å². The first-order valence-electron chi connectivity index (χ1n) is 36.1. The van der Waals surface area contributed by atoms with Crippen LogP contribution in [0.1, 0.15) is 335 Å². The molecule has 1 N–H and O–H groups in total. The van der Waals surface area contributed by atoms with Gasteiger partial charge in [0.25, 0.3) is 6.29 Å². The maximum absolute atomic E-state index is 12.9. The van der Waals surface area contributed by atoms with Crippen molar-refractivity contribution < 1.29 is 42.9 Å². The number of carboxylic acids is 1. The summed E-state index contributed by atoms with van der Waals surface area (Å²) in [5.41, 5.74) is 0. The second-order valence-corrected chi connectivity index (χ2v) is 25.5. The number of aliphatic carboxylic acids is 1. The number of unbranched alkanes of at least 4 members (excludes halogenated alkanes) is 40. The van der Waals surface area contributed by atoms with Crippen LogP contribution in [0.3, 0.4) is 0 Å². The molecule has 0 spiro atoms. The Labute approximate surface area is 526 Å². The van der Waals surface area contributed by atoms with Crippen LogP contribution in [0.2, 0.25) is 0 Å². The highest BCUT2D eigenvalue weighted by Crippen LogP contribution is 2.19. The van der Waals surface area contributed by atoms with E-state index < -0.39 is 24.3 Å². The van der Waals surface area contributed by atoms with Crippen molar-refractivity contribution in [3.63, 3.8) is 0 Å². The monoisotopic (exact) mass is 1190 g/mol. The molecule has 0 amide bonds. The van der Waals surface area contributed by atoms with Gasteiger partial charge in [-0.25, -0.2) is 4.79 Å². The third-order valence-electron chi connectivity index (χ3n) is 16.0. The predicted molar refractivity (Wildman–Crippen MR) is 364 cm³/mol. The van der Waals surface area contributed by atoms with Crippen LogP contribution < -0.4 is 0 Å². The van der Waals surface area contributed by atoms with Gasteiger partial charge in [0.2, 0.25) is 0 Å². The zero-order valence-electron chi connectivity index (χ0n) is 56.5. The topological polar surface area (TPSA) is 108 Å². The molecule has 9 heteroatoms. The van der Waals surface area contributed by atoms with Gasteiger partial charge in [-0.05, 0) is 64.2 Å². The van der Waals surface area contributed by atoms with Gasteiger partial charge in [0.1, 0.15) is 13.2 Å². The number of ether oxygens (including phenoxy) is 4. The quantitative estimate of drug-likeness (QED) is 0.0211. The molecule has 0 fully saturated rings. The van der Waals surface area contributed by atoms with Crippen molar-refractivity contribution in [2.75, 3.05) is 47.5 Å². The van der Waals surface area contributed by atoms with Gasteiger partial charge in [0.15, 0.2) is 6.10 Å². The number of likely N-dealkylation sites (N-methyl/N-ethyl adjacent to an activating group) is 1. The molecule has 0 aromatic rings. The van der Waals surface area contributed by atoms with E-state index in [4.69, 9.17) is 18.9 Å². The first kappa shape index (κ1) is 81.7. The molecule has 0 aromatic carbocycles. The summed E-state index contributed by atoms with van der Waals surface area (Å²) in [5.74, 6) is -1.99. The lowest BCUT2D eigenvalue weighted by atomic mass is 10.0. The molecule has 0 aromatic heterocycles. The number of hydrogen-bond acceptors (Lipinski definition) is 7. The van der Waals surface area contributed by atoms with E-state index in [1.807, 2.05) is 21.1 Å². The van der Waals surface area contributed by atoms with Gasteiger partial charge >= 0.3 is 17.9 Å². The van der Waals surface area contributed by atoms with E-state index in [1.54, 1.807) is 0 Å². The minimum Gasteiger partial charge on any atom is -0.477 e. The van der Waals surface area contributed by atoms with Crippen molar-refractivity contribution >= 4 is 17.9 Å². The maximum Gasteiger partial charge on any atom is 0.361 e. The van der Waals surface area contributed by atoms with Crippen molar-refractivity contribution in [3.8, 4) is 0 Å². The molecule has 0 rings (SSSR count). The molecule has 0 aliphatic heterocycles. The summed E-state index contributed by atoms with van der Waals surface area (Å²) in [4.78, 5) is 37.6. The molecular formula is C76H138NO8+. The molecule has 0 bridgehead atoms. The Kier molecular flexibility index (Phi) is 64.1. The van der Waals surface area contributed by atoms with Gasteiger partial charge in [0.05, 0.1) is 34.4 Å². The Morgan fingerprint density at radius 1 is 0.365 bits per heavy atom. The minimum atomic E-state index is -1.51. The summed E-state index contributed by atoms with van der Waals surface area (Å²) < 4.78 is 23.0. The van der Waals surface area contributed by atoms with Crippen molar-refractivity contribution in [3.05, 3.63) is 72.9 Å². The number of allylic oxidation sites excluding steroid dienone is 12. The van der Waals surface area contributed by atoms with E-state index in [0.717, 1.165) is 83.5 Å². The van der Waals surface area contributed by atoms with Gasteiger partial charge in [-0.15, -0.1) is 0 Å². The van der Waals surface area contributed by atoms with Crippen LogP contribution in [0.15, 0.2) is 72.9 Å². The number of esters is 2. The highest BCUT2D eigenvalue weighted by atomic mass is 16.7. The molecule has 0 saturated heterocycles. The molecule has 9 nitrogen and oxygen atoms in total. The zero-order chi connectivity index (χ0) is 61.9. The Hall–Kier alpha value is -3.27. The van der Waals surface area contributed by atoms with E-state index in [1.165, 1.54) is 218 Å². The third-order valence-corrected chi connectivity index (χ3v) is 16.0. The fourth-order valence-corrected chi connectivity index (χ4v) is 10.5. The van der Waals surface area contributed by atoms with Crippen LogP contribution in [-0.4, -0.2) is 87.4 Å². The number of quaternary nitrogens is 1. The summed E-state index contributed by atoms with van der Waals surface area (Å²) in [7, 11) is 5.98. The van der Waals surface area contributed by atoms with Crippen LogP contribution in [0.25, 0.3) is 0 Å². The summed E-state index contributed by atoms with van der Waals surface area (Å²) in [6, 6.07) is 0. The van der Waals surface area contributed by atoms with Gasteiger partial charge in [0, 0.05) is 12.8 Å². The van der Waals surface area contributed by atoms with Crippen LogP contribution in [0.4, 0.5) is 0 Å². The lowest BCUT2D eigenvalue weighted by molar-refractivity contribution is -0.870. The van der Waals surface area contributed by atoms with E-state index >= 15 is 0 Å². The SMILES string of the molecule is CC/C=C\C/C=C\C/C=C\C/C=C\C/C=C\C/C=C\CCCCCCCCCCCCC(=O)OC(COC(=O)CCCCCCCCCCCCCCCCCCCCCCCCCCCCCCCCC)COC(OCC[N+](C)(C)C)C(=O)O. The van der Waals surface area contributed by atoms with E-state index in [-0.39, 0.29) is 32.2 Å². The van der Waals surface area contributed by atoms with Crippen LogP contribution in [-0.2, 0) is 33.3 Å². The average Bonchev–Trinajstić information content (AvgIpc) is 3.48. The average molecular weight is 1190 g/mol. The van der Waals surface area contributed by atoms with Gasteiger partial charge in [-0.3, -0.25) is 9.59 Å². The largest absolute Gasteiger partial charge is 0.477 e. The van der Waals surface area contributed by atoms with E-state index in [9.17, 15) is 19.5 Å². The Morgan fingerprint density at radius 3 is 1.00 bits per heavy atom. The summed E-state index contributed by atoms with van der Waals surface area (Å²) in [5, 5.41) is 9.75. The van der Waals surface area contributed by atoms with Crippen molar-refractivity contribution in [2.45, 2.75) is 347 Å². The fraction of sp³-hybridized carbons (Fsp3) is 0.803. The molecule has 0 saturated carbocycles. The van der Waals surface area contributed by atoms with Gasteiger partial charge in [-0.1, -0.05) is 331 Å². The summed E-state index contributed by atoms with van der Waals surface area (Å²) in [6.45, 7) is 4.81. The molecule has 0 aliphatic carbocycles. The third kappa shape index (κ3) is 68.1. The first-order valence-corrected chi connectivity index (χ1v) is 36.1. The van der Waals surface area contributed by atoms with Crippen molar-refractivity contribution in [2.24, 2.45) is 0 Å². The number of carbonyl (C=O) groups excluding carboxylic acids is 2. The lowest BCUT2D eigenvalue weighted by Crippen LogP contribution is -2.40. The van der Waals surface area contributed by atoms with Crippen LogP contribution in [0.5, 0.6) is 0 Å².